The quantitative estimate of drug-likeness (QED) is 0.616. The normalized spacial score (nSPS) is 18.1. The van der Waals surface area contributed by atoms with Crippen LogP contribution in [0.15, 0.2) is 11.1 Å². The number of hydrogen-bond acceptors (Lipinski definition) is 1. The van der Waals surface area contributed by atoms with E-state index in [1.807, 2.05) is 0 Å². The lowest BCUT2D eigenvalue weighted by atomic mass is 10.1. The molecule has 0 radical (unpaired) electrons. The van der Waals surface area contributed by atoms with Gasteiger partial charge in [-0.05, 0) is 25.7 Å². The first-order chi connectivity index (χ1) is 4.75. The van der Waals surface area contributed by atoms with Crippen LogP contribution in [0.3, 0.4) is 0 Å². The Morgan fingerprint density at radius 2 is 2.30 bits per heavy atom. The average molecular weight is 139 g/mol. The van der Waals surface area contributed by atoms with Crippen LogP contribution in [0.25, 0.3) is 0 Å². The average Bonchev–Trinajstić information content (AvgIpc) is 2.33. The Morgan fingerprint density at radius 1 is 1.60 bits per heavy atom. The summed E-state index contributed by atoms with van der Waals surface area (Å²) < 4.78 is 0. The monoisotopic (exact) mass is 139 g/mol. The van der Waals surface area contributed by atoms with E-state index in [1.54, 1.807) is 0 Å². The van der Waals surface area contributed by atoms with Crippen molar-refractivity contribution >= 4 is 5.91 Å². The molecule has 0 aliphatic heterocycles. The molecule has 0 heterocycles. The summed E-state index contributed by atoms with van der Waals surface area (Å²) in [6, 6.07) is 0. The van der Waals surface area contributed by atoms with Gasteiger partial charge in [0.1, 0.15) is 0 Å². The van der Waals surface area contributed by atoms with Crippen LogP contribution < -0.4 is 5.73 Å². The van der Waals surface area contributed by atoms with Crippen molar-refractivity contribution in [3.63, 3.8) is 0 Å². The third kappa shape index (κ3) is 1.20. The number of carbonyl (C=O) groups is 1. The number of hydrogen-bond donors (Lipinski definition) is 1. The Kier molecular flexibility index (Phi) is 2.10. The fourth-order valence-electron chi connectivity index (χ4n) is 1.49. The molecule has 0 atom stereocenters. The summed E-state index contributed by atoms with van der Waals surface area (Å²) in [5.41, 5.74) is 7.33. The van der Waals surface area contributed by atoms with Crippen LogP contribution in [0, 0.1) is 0 Å². The van der Waals surface area contributed by atoms with Crippen molar-refractivity contribution < 1.29 is 4.79 Å². The molecule has 1 amide bonds. The van der Waals surface area contributed by atoms with Gasteiger partial charge in [-0.15, -0.1) is 0 Å². The molecule has 0 saturated heterocycles. The summed E-state index contributed by atoms with van der Waals surface area (Å²) in [4.78, 5) is 10.7. The van der Waals surface area contributed by atoms with Crippen molar-refractivity contribution in [1.82, 2.24) is 0 Å². The lowest BCUT2D eigenvalue weighted by Crippen LogP contribution is -2.13. The van der Waals surface area contributed by atoms with E-state index in [1.165, 1.54) is 5.57 Å². The summed E-state index contributed by atoms with van der Waals surface area (Å²) in [6.45, 7) is 2.07. The van der Waals surface area contributed by atoms with Gasteiger partial charge in [0.25, 0.3) is 0 Å². The maximum atomic E-state index is 10.7. The molecule has 2 heteroatoms. The highest BCUT2D eigenvalue weighted by Crippen LogP contribution is 2.27. The van der Waals surface area contributed by atoms with E-state index >= 15 is 0 Å². The first kappa shape index (κ1) is 7.32. The third-order valence-corrected chi connectivity index (χ3v) is 2.06. The third-order valence-electron chi connectivity index (χ3n) is 2.06. The number of amides is 1. The molecule has 0 bridgehead atoms. The van der Waals surface area contributed by atoms with E-state index in [0.29, 0.717) is 0 Å². The molecule has 1 aliphatic carbocycles. The van der Waals surface area contributed by atoms with Crippen molar-refractivity contribution in [3.8, 4) is 0 Å². The summed E-state index contributed by atoms with van der Waals surface area (Å²) >= 11 is 0. The van der Waals surface area contributed by atoms with Gasteiger partial charge in [0.05, 0.1) is 0 Å². The highest BCUT2D eigenvalue weighted by atomic mass is 16.1. The second-order valence-electron chi connectivity index (χ2n) is 2.65. The van der Waals surface area contributed by atoms with E-state index in [0.717, 1.165) is 31.3 Å². The van der Waals surface area contributed by atoms with Crippen molar-refractivity contribution in [2.45, 2.75) is 32.6 Å². The second kappa shape index (κ2) is 2.86. The van der Waals surface area contributed by atoms with Gasteiger partial charge in [-0.25, -0.2) is 0 Å². The van der Waals surface area contributed by atoms with Gasteiger partial charge >= 0.3 is 0 Å². The number of rotatable bonds is 2. The minimum absolute atomic E-state index is 0.214. The fourth-order valence-corrected chi connectivity index (χ4v) is 1.49. The van der Waals surface area contributed by atoms with Crippen LogP contribution >= 0.6 is 0 Å². The molecule has 56 valence electrons. The summed E-state index contributed by atoms with van der Waals surface area (Å²) in [5.74, 6) is -0.214. The van der Waals surface area contributed by atoms with Crippen LogP contribution in [0.1, 0.15) is 32.6 Å². The predicted octanol–water partition coefficient (Wildman–Crippen LogP) is 1.36. The van der Waals surface area contributed by atoms with Gasteiger partial charge in [0.15, 0.2) is 0 Å². The predicted molar refractivity (Wildman–Crippen MR) is 40.4 cm³/mol. The number of carbonyl (C=O) groups excluding carboxylic acids is 1. The van der Waals surface area contributed by atoms with Gasteiger partial charge in [-0.1, -0.05) is 12.5 Å². The molecule has 2 nitrogen and oxygen atoms in total. The topological polar surface area (TPSA) is 43.1 Å². The van der Waals surface area contributed by atoms with Gasteiger partial charge in [-0.3, -0.25) is 4.79 Å². The molecule has 0 unspecified atom stereocenters. The summed E-state index contributed by atoms with van der Waals surface area (Å²) in [7, 11) is 0. The maximum absolute atomic E-state index is 10.7. The zero-order valence-electron chi connectivity index (χ0n) is 6.31. The largest absolute Gasteiger partial charge is 0.366 e. The van der Waals surface area contributed by atoms with Gasteiger partial charge in [0.2, 0.25) is 5.91 Å². The molecule has 0 aromatic carbocycles. The van der Waals surface area contributed by atoms with E-state index in [9.17, 15) is 4.79 Å². The van der Waals surface area contributed by atoms with Gasteiger partial charge in [-0.2, -0.15) is 0 Å². The van der Waals surface area contributed by atoms with Crippen LogP contribution in [-0.4, -0.2) is 5.91 Å². The standard InChI is InChI=1S/C8H13NO/c1-2-6-4-3-5-7(6)8(9)10/h2-5H2,1H3,(H2,9,10). The molecule has 10 heavy (non-hydrogen) atoms. The SMILES string of the molecule is CCC1=C(C(N)=O)CCC1. The van der Waals surface area contributed by atoms with E-state index in [-0.39, 0.29) is 5.91 Å². The summed E-state index contributed by atoms with van der Waals surface area (Å²) in [5, 5.41) is 0. The minimum Gasteiger partial charge on any atom is -0.366 e. The van der Waals surface area contributed by atoms with Crippen molar-refractivity contribution in [1.29, 1.82) is 0 Å². The molecule has 1 rings (SSSR count). The number of nitrogens with two attached hydrogens (primary N) is 1. The van der Waals surface area contributed by atoms with Crippen molar-refractivity contribution in [2.24, 2.45) is 5.73 Å². The van der Waals surface area contributed by atoms with Crippen LogP contribution in [-0.2, 0) is 4.79 Å². The molecule has 0 fully saturated rings. The Morgan fingerprint density at radius 3 is 2.70 bits per heavy atom. The minimum atomic E-state index is -0.214. The molecule has 0 saturated carbocycles. The van der Waals surface area contributed by atoms with Crippen molar-refractivity contribution in [3.05, 3.63) is 11.1 Å². The number of primary amides is 1. The number of allylic oxidation sites excluding steroid dienone is 1. The Labute approximate surface area is 61.1 Å². The highest BCUT2D eigenvalue weighted by molar-refractivity contribution is 5.93. The summed E-state index contributed by atoms with van der Waals surface area (Å²) in [6.07, 6.45) is 4.08. The van der Waals surface area contributed by atoms with Gasteiger partial charge < -0.3 is 5.73 Å². The Balaban J connectivity index is 2.78. The van der Waals surface area contributed by atoms with Crippen LogP contribution in [0.4, 0.5) is 0 Å². The van der Waals surface area contributed by atoms with Crippen molar-refractivity contribution in [2.75, 3.05) is 0 Å². The first-order valence-corrected chi connectivity index (χ1v) is 3.76. The lowest BCUT2D eigenvalue weighted by Gasteiger charge is -1.98. The smallest absolute Gasteiger partial charge is 0.244 e. The molecule has 0 aromatic heterocycles. The zero-order valence-corrected chi connectivity index (χ0v) is 6.31. The Bertz CT molecular complexity index is 182. The molecule has 1 aliphatic rings. The molecule has 0 aromatic rings. The maximum Gasteiger partial charge on any atom is 0.244 e. The Hall–Kier alpha value is -0.790. The van der Waals surface area contributed by atoms with E-state index in [2.05, 4.69) is 6.92 Å². The van der Waals surface area contributed by atoms with E-state index < -0.39 is 0 Å². The molecule has 0 spiro atoms. The van der Waals surface area contributed by atoms with Gasteiger partial charge in [0, 0.05) is 5.57 Å². The fraction of sp³-hybridized carbons (Fsp3) is 0.625. The highest BCUT2D eigenvalue weighted by Gasteiger charge is 2.16. The van der Waals surface area contributed by atoms with Crippen LogP contribution in [0.5, 0.6) is 0 Å². The lowest BCUT2D eigenvalue weighted by molar-refractivity contribution is -0.114. The molecular formula is C8H13NO. The molecule has 2 N–H and O–H groups in total. The first-order valence-electron chi connectivity index (χ1n) is 3.76. The zero-order chi connectivity index (χ0) is 7.56. The van der Waals surface area contributed by atoms with Crippen LogP contribution in [0.2, 0.25) is 0 Å². The second-order valence-corrected chi connectivity index (χ2v) is 2.65. The molecular weight excluding hydrogens is 126 g/mol. The van der Waals surface area contributed by atoms with E-state index in [4.69, 9.17) is 5.73 Å².